The van der Waals surface area contributed by atoms with Gasteiger partial charge in [-0.1, -0.05) is 23.4 Å². The van der Waals surface area contributed by atoms with Crippen molar-refractivity contribution in [2.45, 2.75) is 37.2 Å². The van der Waals surface area contributed by atoms with E-state index in [1.807, 2.05) is 0 Å². The van der Waals surface area contributed by atoms with E-state index in [9.17, 15) is 14.3 Å². The van der Waals surface area contributed by atoms with Gasteiger partial charge < -0.3 is 14.5 Å². The highest BCUT2D eigenvalue weighted by Gasteiger charge is 2.54. The van der Waals surface area contributed by atoms with Crippen LogP contribution in [0.2, 0.25) is 0 Å². The van der Waals surface area contributed by atoms with Crippen molar-refractivity contribution < 1.29 is 18.8 Å². The Hall–Kier alpha value is -2.21. The van der Waals surface area contributed by atoms with E-state index in [1.165, 1.54) is 6.07 Å². The van der Waals surface area contributed by atoms with Gasteiger partial charge >= 0.3 is 0 Å². The molecule has 1 amide bonds. The fourth-order valence-electron chi connectivity index (χ4n) is 4.72. The number of rotatable bonds is 3. The second-order valence-corrected chi connectivity index (χ2v) is 7.91. The Kier molecular flexibility index (Phi) is 3.47. The predicted molar refractivity (Wildman–Crippen MR) is 90.9 cm³/mol. The lowest BCUT2D eigenvalue weighted by Gasteiger charge is -2.31. The molecule has 0 bridgehead atoms. The molecule has 2 aromatic rings. The van der Waals surface area contributed by atoms with Gasteiger partial charge in [0, 0.05) is 36.6 Å². The molecular weight excluding hydrogens is 335 g/mol. The highest BCUT2D eigenvalue weighted by Crippen LogP contribution is 2.51. The first kappa shape index (κ1) is 16.0. The summed E-state index contributed by atoms with van der Waals surface area (Å²) in [5.74, 6) is 0.678. The number of carbonyl (C=O) groups excluding carboxylic acids is 1. The molecule has 1 saturated heterocycles. The zero-order chi connectivity index (χ0) is 17.9. The Balaban J connectivity index is 1.37. The van der Waals surface area contributed by atoms with Crippen LogP contribution in [0.3, 0.4) is 0 Å². The van der Waals surface area contributed by atoms with Crippen molar-refractivity contribution in [1.29, 1.82) is 0 Å². The normalized spacial score (nSPS) is 30.6. The average Bonchev–Trinajstić information content (AvgIpc) is 3.09. The minimum atomic E-state index is -1.21. The van der Waals surface area contributed by atoms with E-state index in [2.05, 4.69) is 5.16 Å². The fraction of sp³-hybridized carbons (Fsp3) is 0.500. The molecule has 26 heavy (non-hydrogen) atoms. The van der Waals surface area contributed by atoms with Gasteiger partial charge in [0.05, 0.1) is 5.60 Å². The number of hydrogen-bond donors (Lipinski definition) is 1. The molecule has 1 aromatic heterocycles. The molecule has 1 N–H and O–H groups in total. The number of aromatic nitrogens is 1. The monoisotopic (exact) mass is 356 g/mol. The van der Waals surface area contributed by atoms with Crippen LogP contribution in [0.1, 0.15) is 53.4 Å². The van der Waals surface area contributed by atoms with E-state index in [0.717, 1.165) is 25.0 Å². The molecule has 0 unspecified atom stereocenters. The number of likely N-dealkylation sites (tertiary alicyclic amines) is 1. The third-order valence-corrected chi connectivity index (χ3v) is 6.31. The Morgan fingerprint density at radius 3 is 2.85 bits per heavy atom. The summed E-state index contributed by atoms with van der Waals surface area (Å²) in [5, 5.41) is 15.2. The first-order chi connectivity index (χ1) is 12.6. The van der Waals surface area contributed by atoms with E-state index in [1.54, 1.807) is 29.2 Å². The molecule has 5 rings (SSSR count). The molecule has 1 aromatic carbocycles. The number of carbonyl (C=O) groups is 1. The van der Waals surface area contributed by atoms with E-state index in [-0.39, 0.29) is 23.6 Å². The summed E-state index contributed by atoms with van der Waals surface area (Å²) in [5.41, 5.74) is -0.533. The van der Waals surface area contributed by atoms with Crippen molar-refractivity contribution in [2.75, 3.05) is 13.1 Å². The quantitative estimate of drug-likeness (QED) is 0.918. The van der Waals surface area contributed by atoms with Gasteiger partial charge in [-0.3, -0.25) is 4.79 Å². The van der Waals surface area contributed by atoms with E-state index in [4.69, 9.17) is 4.52 Å². The molecule has 0 radical (unpaired) electrons. The topological polar surface area (TPSA) is 66.6 Å². The molecule has 2 saturated carbocycles. The molecule has 3 aliphatic rings. The van der Waals surface area contributed by atoms with Crippen molar-refractivity contribution in [3.05, 3.63) is 53.2 Å². The number of aliphatic hydroxyl groups is 1. The third-order valence-electron chi connectivity index (χ3n) is 6.31. The van der Waals surface area contributed by atoms with Gasteiger partial charge in [0.15, 0.2) is 5.69 Å². The Bertz CT molecular complexity index is 862. The smallest absolute Gasteiger partial charge is 0.276 e. The van der Waals surface area contributed by atoms with Crippen molar-refractivity contribution in [2.24, 2.45) is 11.8 Å². The van der Waals surface area contributed by atoms with Crippen LogP contribution < -0.4 is 0 Å². The van der Waals surface area contributed by atoms with Crippen LogP contribution in [0.15, 0.2) is 34.9 Å². The lowest BCUT2D eigenvalue weighted by molar-refractivity contribution is -0.00896. The minimum absolute atomic E-state index is 0.154. The summed E-state index contributed by atoms with van der Waals surface area (Å²) in [4.78, 5) is 14.5. The Morgan fingerprint density at radius 1 is 1.27 bits per heavy atom. The lowest BCUT2D eigenvalue weighted by Crippen LogP contribution is -2.37. The van der Waals surface area contributed by atoms with Gasteiger partial charge in [-0.15, -0.1) is 0 Å². The molecule has 136 valence electrons. The van der Waals surface area contributed by atoms with E-state index >= 15 is 0 Å². The van der Waals surface area contributed by atoms with Gasteiger partial charge in [-0.05, 0) is 37.7 Å². The molecule has 3 fully saturated rings. The van der Waals surface area contributed by atoms with Crippen LogP contribution in [-0.2, 0) is 5.60 Å². The third kappa shape index (κ3) is 2.39. The number of fused-ring (bicyclic) bond motifs is 1. The van der Waals surface area contributed by atoms with Gasteiger partial charge in [0.2, 0.25) is 0 Å². The number of amides is 1. The van der Waals surface area contributed by atoms with E-state index < -0.39 is 5.60 Å². The van der Waals surface area contributed by atoms with Gasteiger partial charge in [0.1, 0.15) is 11.6 Å². The molecular formula is C20H21FN2O3. The number of halogens is 1. The summed E-state index contributed by atoms with van der Waals surface area (Å²) in [6, 6.07) is 8.16. The number of hydrogen-bond acceptors (Lipinski definition) is 4. The summed E-state index contributed by atoms with van der Waals surface area (Å²) in [7, 11) is 0. The summed E-state index contributed by atoms with van der Waals surface area (Å²) < 4.78 is 19.6. The number of nitrogens with zero attached hydrogens (tertiary/aromatic N) is 2. The summed E-state index contributed by atoms with van der Waals surface area (Å²) in [6.45, 7) is 0.992. The SMILES string of the molecule is O=C(c1cc(C2CC2)on1)N1C[C@H]2CC[C@](O)(c3ccccc3F)[C@H]2C1. The zero-order valence-corrected chi connectivity index (χ0v) is 14.4. The molecule has 3 atom stereocenters. The largest absolute Gasteiger partial charge is 0.385 e. The van der Waals surface area contributed by atoms with Crippen LogP contribution in [0.5, 0.6) is 0 Å². The van der Waals surface area contributed by atoms with Crippen LogP contribution in [0.4, 0.5) is 4.39 Å². The van der Waals surface area contributed by atoms with Crippen LogP contribution in [0, 0.1) is 17.7 Å². The summed E-state index contributed by atoms with van der Waals surface area (Å²) in [6.07, 6.45) is 3.49. The van der Waals surface area contributed by atoms with Crippen molar-refractivity contribution in [3.63, 3.8) is 0 Å². The van der Waals surface area contributed by atoms with Crippen molar-refractivity contribution in [1.82, 2.24) is 10.1 Å². The van der Waals surface area contributed by atoms with Crippen molar-refractivity contribution >= 4 is 5.91 Å². The Labute approximate surface area is 150 Å². The first-order valence-corrected chi connectivity index (χ1v) is 9.29. The van der Waals surface area contributed by atoms with E-state index in [0.29, 0.717) is 36.7 Å². The zero-order valence-electron chi connectivity index (χ0n) is 14.4. The van der Waals surface area contributed by atoms with Gasteiger partial charge in [-0.25, -0.2) is 4.39 Å². The molecule has 2 heterocycles. The fourth-order valence-corrected chi connectivity index (χ4v) is 4.72. The van der Waals surface area contributed by atoms with Gasteiger partial charge in [0.25, 0.3) is 5.91 Å². The second kappa shape index (κ2) is 5.64. The van der Waals surface area contributed by atoms with Gasteiger partial charge in [-0.2, -0.15) is 0 Å². The maximum Gasteiger partial charge on any atom is 0.276 e. The lowest BCUT2D eigenvalue weighted by atomic mass is 9.82. The molecule has 6 heteroatoms. The molecule has 2 aliphatic carbocycles. The minimum Gasteiger partial charge on any atom is -0.385 e. The standard InChI is InChI=1S/C20H21FN2O3/c21-16-4-2-1-3-14(16)20(25)8-7-13-10-23(11-15(13)20)19(24)17-9-18(26-22-17)12-5-6-12/h1-4,9,12-13,15,25H,5-8,10-11H2/t13-,15+,20+/m1/s1. The average molecular weight is 356 g/mol. The van der Waals surface area contributed by atoms with Crippen LogP contribution in [-0.4, -0.2) is 34.2 Å². The second-order valence-electron chi connectivity index (χ2n) is 7.91. The molecule has 0 spiro atoms. The Morgan fingerprint density at radius 2 is 2.08 bits per heavy atom. The first-order valence-electron chi connectivity index (χ1n) is 9.29. The molecule has 1 aliphatic heterocycles. The predicted octanol–water partition coefficient (Wildman–Crippen LogP) is 3.06. The number of benzene rings is 1. The molecule has 5 nitrogen and oxygen atoms in total. The maximum absolute atomic E-state index is 14.3. The van der Waals surface area contributed by atoms with Crippen molar-refractivity contribution in [3.8, 4) is 0 Å². The summed E-state index contributed by atoms with van der Waals surface area (Å²) >= 11 is 0. The maximum atomic E-state index is 14.3. The highest BCUT2D eigenvalue weighted by atomic mass is 19.1. The van der Waals surface area contributed by atoms with Crippen LogP contribution in [0.25, 0.3) is 0 Å². The highest BCUT2D eigenvalue weighted by molar-refractivity contribution is 5.92. The van der Waals surface area contributed by atoms with Crippen LogP contribution >= 0.6 is 0 Å².